The van der Waals surface area contributed by atoms with Crippen molar-refractivity contribution in [2.45, 2.75) is 25.9 Å². The van der Waals surface area contributed by atoms with Crippen LogP contribution in [-0.4, -0.2) is 11.0 Å². The molecule has 0 fully saturated rings. The number of benzene rings is 1. The molecule has 19 heavy (non-hydrogen) atoms. The molecule has 0 saturated heterocycles. The van der Waals surface area contributed by atoms with Gasteiger partial charge in [-0.1, -0.05) is 43.3 Å². The zero-order valence-corrected chi connectivity index (χ0v) is 11.0. The van der Waals surface area contributed by atoms with Gasteiger partial charge in [-0.05, 0) is 23.6 Å². The monoisotopic (exact) mass is 255 g/mol. The van der Waals surface area contributed by atoms with Crippen molar-refractivity contribution in [3.63, 3.8) is 0 Å². The molecular weight excluding hydrogens is 238 g/mol. The maximum absolute atomic E-state index is 11.8. The number of hydrogen-bond acceptors (Lipinski definition) is 3. The van der Waals surface area contributed by atoms with E-state index in [0.29, 0.717) is 6.42 Å². The van der Waals surface area contributed by atoms with Crippen molar-refractivity contribution in [1.82, 2.24) is 4.98 Å². The average molecular weight is 255 g/mol. The quantitative estimate of drug-likeness (QED) is 0.769. The van der Waals surface area contributed by atoms with E-state index in [0.717, 1.165) is 11.3 Å². The van der Waals surface area contributed by atoms with E-state index in [-0.39, 0.29) is 18.5 Å². The van der Waals surface area contributed by atoms with E-state index in [2.05, 4.69) is 4.98 Å². The molecule has 3 nitrogen and oxygen atoms in total. The van der Waals surface area contributed by atoms with Crippen LogP contribution in [0.5, 0.6) is 0 Å². The lowest BCUT2D eigenvalue weighted by atomic mass is 9.98. The Balaban J connectivity index is 1.82. The van der Waals surface area contributed by atoms with Gasteiger partial charge in [0.1, 0.15) is 6.61 Å². The number of esters is 1. The summed E-state index contributed by atoms with van der Waals surface area (Å²) in [5.41, 5.74) is 1.92. The summed E-state index contributed by atoms with van der Waals surface area (Å²) in [7, 11) is 0. The van der Waals surface area contributed by atoms with Crippen LogP contribution in [0.15, 0.2) is 54.7 Å². The molecule has 0 aliphatic carbocycles. The molecule has 0 saturated carbocycles. The first-order chi connectivity index (χ1) is 9.25. The van der Waals surface area contributed by atoms with Gasteiger partial charge < -0.3 is 4.74 Å². The Morgan fingerprint density at radius 2 is 1.89 bits per heavy atom. The smallest absolute Gasteiger partial charge is 0.306 e. The Bertz CT molecular complexity index is 511. The minimum absolute atomic E-state index is 0.164. The fraction of sp³-hybridized carbons (Fsp3) is 0.250. The molecule has 1 unspecified atom stereocenters. The molecule has 2 aromatic rings. The van der Waals surface area contributed by atoms with Crippen molar-refractivity contribution >= 4 is 5.97 Å². The highest BCUT2D eigenvalue weighted by Gasteiger charge is 2.12. The molecule has 0 bridgehead atoms. The molecule has 1 heterocycles. The Morgan fingerprint density at radius 1 is 1.16 bits per heavy atom. The summed E-state index contributed by atoms with van der Waals surface area (Å²) in [6.45, 7) is 2.26. The second-order valence-corrected chi connectivity index (χ2v) is 4.50. The van der Waals surface area contributed by atoms with Gasteiger partial charge in [0.05, 0.1) is 12.1 Å². The summed E-state index contributed by atoms with van der Waals surface area (Å²) < 4.78 is 5.22. The van der Waals surface area contributed by atoms with Crippen molar-refractivity contribution in [2.75, 3.05) is 0 Å². The third-order valence-electron chi connectivity index (χ3n) is 2.95. The molecule has 0 N–H and O–H groups in total. The lowest BCUT2D eigenvalue weighted by Crippen LogP contribution is -2.09. The van der Waals surface area contributed by atoms with Crippen LogP contribution in [-0.2, 0) is 16.1 Å². The summed E-state index contributed by atoms with van der Waals surface area (Å²) in [4.78, 5) is 15.9. The molecule has 1 atom stereocenters. The molecule has 0 amide bonds. The van der Waals surface area contributed by atoms with E-state index >= 15 is 0 Å². The number of nitrogens with zero attached hydrogens (tertiary/aromatic N) is 1. The molecule has 0 aliphatic heterocycles. The number of carbonyl (C=O) groups excluding carboxylic acids is 1. The Morgan fingerprint density at radius 3 is 2.58 bits per heavy atom. The van der Waals surface area contributed by atoms with Crippen molar-refractivity contribution in [3.05, 3.63) is 66.0 Å². The van der Waals surface area contributed by atoms with Gasteiger partial charge in [-0.25, -0.2) is 0 Å². The van der Waals surface area contributed by atoms with Gasteiger partial charge >= 0.3 is 5.97 Å². The lowest BCUT2D eigenvalue weighted by Gasteiger charge is -2.11. The predicted octanol–water partition coefficient (Wildman–Crippen LogP) is 3.32. The van der Waals surface area contributed by atoms with Crippen LogP contribution in [0, 0.1) is 0 Å². The molecule has 3 heteroatoms. The van der Waals surface area contributed by atoms with E-state index < -0.39 is 0 Å². The normalized spacial score (nSPS) is 11.8. The van der Waals surface area contributed by atoms with Crippen molar-refractivity contribution in [2.24, 2.45) is 0 Å². The van der Waals surface area contributed by atoms with Gasteiger partial charge in [-0.2, -0.15) is 0 Å². The first-order valence-electron chi connectivity index (χ1n) is 6.36. The van der Waals surface area contributed by atoms with Gasteiger partial charge in [0.2, 0.25) is 0 Å². The van der Waals surface area contributed by atoms with E-state index in [9.17, 15) is 4.79 Å². The second-order valence-electron chi connectivity index (χ2n) is 4.50. The predicted molar refractivity (Wildman–Crippen MR) is 73.5 cm³/mol. The van der Waals surface area contributed by atoms with Gasteiger partial charge in [0.15, 0.2) is 0 Å². The van der Waals surface area contributed by atoms with Crippen LogP contribution in [0.3, 0.4) is 0 Å². The number of hydrogen-bond donors (Lipinski definition) is 0. The molecular formula is C16H17NO2. The molecule has 0 radical (unpaired) electrons. The molecule has 0 spiro atoms. The molecule has 98 valence electrons. The summed E-state index contributed by atoms with van der Waals surface area (Å²) >= 11 is 0. The zero-order valence-electron chi connectivity index (χ0n) is 11.0. The summed E-state index contributed by atoms with van der Waals surface area (Å²) in [6, 6.07) is 15.5. The summed E-state index contributed by atoms with van der Waals surface area (Å²) in [5, 5.41) is 0. The van der Waals surface area contributed by atoms with Gasteiger partial charge in [0, 0.05) is 6.20 Å². The fourth-order valence-electron chi connectivity index (χ4n) is 1.85. The van der Waals surface area contributed by atoms with Crippen molar-refractivity contribution in [1.29, 1.82) is 0 Å². The van der Waals surface area contributed by atoms with E-state index in [1.165, 1.54) is 0 Å². The SMILES string of the molecule is CC(CC(=O)OCc1ccccn1)c1ccccc1. The third kappa shape index (κ3) is 4.21. The lowest BCUT2D eigenvalue weighted by molar-refractivity contribution is -0.145. The van der Waals surface area contributed by atoms with Crippen LogP contribution in [0.1, 0.15) is 30.5 Å². The Labute approximate surface area is 113 Å². The van der Waals surface area contributed by atoms with Crippen molar-refractivity contribution < 1.29 is 9.53 Å². The van der Waals surface area contributed by atoms with Crippen LogP contribution < -0.4 is 0 Å². The average Bonchev–Trinajstić information content (AvgIpc) is 2.47. The molecule has 1 aromatic carbocycles. The van der Waals surface area contributed by atoms with Gasteiger partial charge in [-0.3, -0.25) is 9.78 Å². The van der Waals surface area contributed by atoms with E-state index in [1.54, 1.807) is 6.20 Å². The largest absolute Gasteiger partial charge is 0.459 e. The minimum atomic E-state index is -0.193. The third-order valence-corrected chi connectivity index (χ3v) is 2.95. The maximum Gasteiger partial charge on any atom is 0.306 e. The number of aromatic nitrogens is 1. The summed E-state index contributed by atoms with van der Waals surface area (Å²) in [6.07, 6.45) is 2.08. The van der Waals surface area contributed by atoms with Crippen LogP contribution in [0.2, 0.25) is 0 Å². The fourth-order valence-corrected chi connectivity index (χ4v) is 1.85. The second kappa shape index (κ2) is 6.69. The first kappa shape index (κ1) is 13.3. The molecule has 2 rings (SSSR count). The Hall–Kier alpha value is -2.16. The van der Waals surface area contributed by atoms with Crippen molar-refractivity contribution in [3.8, 4) is 0 Å². The molecule has 1 aromatic heterocycles. The highest BCUT2D eigenvalue weighted by Crippen LogP contribution is 2.19. The minimum Gasteiger partial charge on any atom is -0.459 e. The van der Waals surface area contributed by atoms with E-state index in [1.807, 2.05) is 55.5 Å². The van der Waals surface area contributed by atoms with Crippen LogP contribution in [0.4, 0.5) is 0 Å². The van der Waals surface area contributed by atoms with E-state index in [4.69, 9.17) is 4.74 Å². The van der Waals surface area contributed by atoms with Gasteiger partial charge in [-0.15, -0.1) is 0 Å². The Kier molecular flexibility index (Phi) is 4.67. The maximum atomic E-state index is 11.8. The highest BCUT2D eigenvalue weighted by atomic mass is 16.5. The first-order valence-corrected chi connectivity index (χ1v) is 6.36. The van der Waals surface area contributed by atoms with Crippen LogP contribution >= 0.6 is 0 Å². The molecule has 0 aliphatic rings. The van der Waals surface area contributed by atoms with Crippen LogP contribution in [0.25, 0.3) is 0 Å². The summed E-state index contributed by atoms with van der Waals surface area (Å²) in [5.74, 6) is -0.0283. The topological polar surface area (TPSA) is 39.2 Å². The zero-order chi connectivity index (χ0) is 13.5. The number of pyridine rings is 1. The standard InChI is InChI=1S/C16H17NO2/c1-13(14-7-3-2-4-8-14)11-16(18)19-12-15-9-5-6-10-17-15/h2-10,13H,11-12H2,1H3. The van der Waals surface area contributed by atoms with Gasteiger partial charge in [0.25, 0.3) is 0 Å². The number of ether oxygens (including phenoxy) is 1. The number of carbonyl (C=O) groups is 1. The number of rotatable bonds is 5. The highest BCUT2D eigenvalue weighted by molar-refractivity contribution is 5.70.